The van der Waals surface area contributed by atoms with E-state index >= 15 is 4.39 Å². The highest BCUT2D eigenvalue weighted by Gasteiger charge is 2.55. The maximum atomic E-state index is 18.4. The number of benzene rings is 6. The summed E-state index contributed by atoms with van der Waals surface area (Å²) in [5.41, 5.74) is 1.33. The number of nitrogens with zero attached hydrogens (tertiary/aromatic N) is 6. The maximum absolute atomic E-state index is 18.4. The number of imidazole rings is 1. The molecule has 16 nitrogen and oxygen atoms in total. The summed E-state index contributed by atoms with van der Waals surface area (Å²) >= 11 is 0. The molecule has 8 aromatic rings. The zero-order valence-corrected chi connectivity index (χ0v) is 46.4. The number of nitriles is 1. The highest BCUT2D eigenvalue weighted by Crippen LogP contribution is 2.59. The molecule has 3 aliphatic rings. The number of fused-ring (bicyclic) bond motifs is 2. The number of hydrogen-bond acceptors (Lipinski definition) is 14. The average Bonchev–Trinajstić information content (AvgIpc) is 4.44. The Hall–Kier alpha value is -7.59. The normalized spacial score (nSPS) is 21.0. The van der Waals surface area contributed by atoms with Crippen LogP contribution >= 0.6 is 8.53 Å². The Balaban J connectivity index is 0.969. The van der Waals surface area contributed by atoms with Gasteiger partial charge in [0.2, 0.25) is 11.8 Å². The lowest BCUT2D eigenvalue weighted by atomic mass is 9.80. The number of para-hydroxylation sites is 1. The lowest BCUT2D eigenvalue weighted by Gasteiger charge is -2.37. The number of amides is 1. The lowest BCUT2D eigenvalue weighted by Crippen LogP contribution is -2.58. The molecule has 5 heterocycles. The van der Waals surface area contributed by atoms with E-state index < -0.39 is 52.7 Å². The largest absolute Gasteiger partial charge is 0.497 e. The van der Waals surface area contributed by atoms with Crippen LogP contribution in [0.5, 0.6) is 23.1 Å². The Bertz CT molecular complexity index is 3300. The molecule has 80 heavy (non-hydrogen) atoms. The van der Waals surface area contributed by atoms with Gasteiger partial charge < -0.3 is 37.5 Å². The Labute approximate surface area is 466 Å². The van der Waals surface area contributed by atoms with Crippen molar-refractivity contribution in [2.45, 2.75) is 74.2 Å². The fraction of sp³-hybridized carbons (Fsp3) is 0.295. The second-order valence-corrected chi connectivity index (χ2v) is 25.6. The van der Waals surface area contributed by atoms with Gasteiger partial charge in [-0.3, -0.25) is 14.7 Å². The summed E-state index contributed by atoms with van der Waals surface area (Å²) in [7, 11) is -0.997. The third-order valence-corrected chi connectivity index (χ3v) is 21.4. The van der Waals surface area contributed by atoms with Crippen LogP contribution in [0.2, 0.25) is 12.6 Å². The Morgan fingerprint density at radius 3 is 2.00 bits per heavy atom. The van der Waals surface area contributed by atoms with Crippen LogP contribution < -0.4 is 34.6 Å². The number of ether oxygens (including phenoxy) is 6. The Kier molecular flexibility index (Phi) is 16.6. The molecule has 0 aliphatic carbocycles. The third-order valence-electron chi connectivity index (χ3n) is 15.2. The van der Waals surface area contributed by atoms with Gasteiger partial charge in [-0.15, -0.1) is 0 Å². The van der Waals surface area contributed by atoms with Crippen molar-refractivity contribution in [2.75, 3.05) is 45.9 Å². The maximum Gasteiger partial charge on any atom is 0.264 e. The zero-order valence-electron chi connectivity index (χ0n) is 44.5. The zero-order chi connectivity index (χ0) is 55.1. The molecule has 0 radical (unpaired) electrons. The van der Waals surface area contributed by atoms with Gasteiger partial charge in [0.1, 0.15) is 49.7 Å². The SMILES string of the molecule is COc1ccc(C(OC[C@H]2O[C@@H](n3cnc4c(OCCC#N)nc(NC(=O)COc5ccccc5)nc43)C(F)[C@H]2O[P@]2O[C@@H](C[Si](C)(c3ccccc3)c3ccccc3)[C@H]3CCCN32)(c2ccccc2)c2ccc(OC)cc2)cc1. The molecule has 0 saturated carbocycles. The van der Waals surface area contributed by atoms with E-state index in [4.69, 9.17) is 42.5 Å². The van der Waals surface area contributed by atoms with Gasteiger partial charge in [0, 0.05) is 12.6 Å². The van der Waals surface area contributed by atoms with E-state index in [0.717, 1.165) is 42.1 Å². The van der Waals surface area contributed by atoms with Crippen LogP contribution in [0.4, 0.5) is 10.3 Å². The van der Waals surface area contributed by atoms with E-state index in [1.165, 1.54) is 21.3 Å². The van der Waals surface area contributed by atoms with E-state index in [-0.39, 0.29) is 61.4 Å². The second kappa shape index (κ2) is 24.4. The molecule has 1 unspecified atom stereocenters. The molecule has 3 saturated heterocycles. The van der Waals surface area contributed by atoms with Gasteiger partial charge in [0.05, 0.1) is 45.7 Å². The summed E-state index contributed by atoms with van der Waals surface area (Å²) in [4.78, 5) is 27.2. The molecule has 0 bridgehead atoms. The van der Waals surface area contributed by atoms with Gasteiger partial charge in [-0.25, -0.2) is 14.0 Å². The second-order valence-electron chi connectivity index (χ2n) is 20.0. The van der Waals surface area contributed by atoms with E-state index in [2.05, 4.69) is 81.1 Å². The highest BCUT2D eigenvalue weighted by molar-refractivity contribution is 7.45. The number of anilines is 1. The minimum atomic E-state index is -2.41. The first kappa shape index (κ1) is 54.4. The predicted octanol–water partition coefficient (Wildman–Crippen LogP) is 9.77. The minimum Gasteiger partial charge on any atom is -0.497 e. The smallest absolute Gasteiger partial charge is 0.264 e. The molecular weight excluding hydrogens is 1050 g/mol. The van der Waals surface area contributed by atoms with Crippen molar-refractivity contribution >= 4 is 50.0 Å². The molecular formula is C61H61FN7O9PSi. The van der Waals surface area contributed by atoms with E-state index in [1.807, 2.05) is 97.1 Å². The van der Waals surface area contributed by atoms with Crippen molar-refractivity contribution in [2.24, 2.45) is 0 Å². The van der Waals surface area contributed by atoms with Crippen molar-refractivity contribution in [1.82, 2.24) is 24.2 Å². The fourth-order valence-electron chi connectivity index (χ4n) is 11.1. The standard InChI is InChI=1S/C61H61FN7O9PSi/c1-71-45-31-27-43(28-32-45)61(42-18-8-4-9-19-42,44-29-33-46(72-2)34-30-44)75-38-51-56(78-79-69-36-16-26-50(69)52(77-79)40-80(3,48-22-12-6-13-23-48)49-24-14-7-15-25-49)54(62)59(76-51)68-41-64-55-57(68)66-60(67-58(55)73-37-17-35-63)65-53(70)39-74-47-20-10-5-11-21-47/h4-15,18-25,27-34,41,50-52,54,56,59H,16-17,26,36-40H2,1-3H3,(H,65,66,67,70)/t50-,51-,52+,54?,56+,59-,79+/m1/s1. The summed E-state index contributed by atoms with van der Waals surface area (Å²) in [6.45, 7) is 2.57. The molecule has 410 valence electrons. The summed E-state index contributed by atoms with van der Waals surface area (Å²) in [6, 6.07) is 58.5. The lowest BCUT2D eigenvalue weighted by molar-refractivity contribution is -0.118. The van der Waals surface area contributed by atoms with Crippen LogP contribution in [-0.4, -0.2) is 109 Å². The van der Waals surface area contributed by atoms with Crippen molar-refractivity contribution in [3.8, 4) is 29.2 Å². The molecule has 3 aliphatic heterocycles. The number of rotatable bonds is 22. The third kappa shape index (κ3) is 11.2. The van der Waals surface area contributed by atoms with Crippen LogP contribution in [0, 0.1) is 11.3 Å². The van der Waals surface area contributed by atoms with Gasteiger partial charge in [-0.2, -0.15) is 15.2 Å². The van der Waals surface area contributed by atoms with Crippen LogP contribution in [0.3, 0.4) is 0 Å². The average molecular weight is 1110 g/mol. The molecule has 6 aromatic carbocycles. The van der Waals surface area contributed by atoms with Crippen molar-refractivity contribution in [1.29, 1.82) is 5.26 Å². The number of hydrogen-bond donors (Lipinski definition) is 1. The van der Waals surface area contributed by atoms with E-state index in [0.29, 0.717) is 17.2 Å². The molecule has 7 atom stereocenters. The van der Waals surface area contributed by atoms with E-state index in [1.54, 1.807) is 38.5 Å². The monoisotopic (exact) mass is 1110 g/mol. The van der Waals surface area contributed by atoms with Gasteiger partial charge in [0.25, 0.3) is 14.4 Å². The summed E-state index contributed by atoms with van der Waals surface area (Å²) in [5.74, 6) is 1.08. The summed E-state index contributed by atoms with van der Waals surface area (Å²) in [6.07, 6.45) is -2.46. The van der Waals surface area contributed by atoms with Gasteiger partial charge in [0.15, 0.2) is 30.2 Å². The molecule has 2 aromatic heterocycles. The van der Waals surface area contributed by atoms with Crippen LogP contribution in [-0.2, 0) is 28.9 Å². The number of carbonyl (C=O) groups is 1. The number of alkyl halides is 1. The Morgan fingerprint density at radius 1 is 0.787 bits per heavy atom. The number of halogens is 1. The highest BCUT2D eigenvalue weighted by atomic mass is 31.2. The first-order valence-electron chi connectivity index (χ1n) is 26.7. The number of nitrogens with one attached hydrogen (secondary N) is 1. The number of carbonyl (C=O) groups excluding carboxylic acids is 1. The molecule has 19 heteroatoms. The summed E-state index contributed by atoms with van der Waals surface area (Å²) in [5, 5.41) is 14.7. The predicted molar refractivity (Wildman–Crippen MR) is 304 cm³/mol. The molecule has 1 N–H and O–H groups in total. The van der Waals surface area contributed by atoms with Crippen LogP contribution in [0.25, 0.3) is 11.2 Å². The number of aromatic nitrogens is 4. The van der Waals surface area contributed by atoms with Crippen molar-refractivity contribution in [3.05, 3.63) is 193 Å². The van der Waals surface area contributed by atoms with Gasteiger partial charge in [-0.1, -0.05) is 150 Å². The minimum absolute atomic E-state index is 0.0218. The fourth-order valence-corrected chi connectivity index (χ4v) is 17.1. The Morgan fingerprint density at radius 2 is 1.39 bits per heavy atom. The quantitative estimate of drug-likeness (QED) is 0.0294. The van der Waals surface area contributed by atoms with Crippen LogP contribution in [0.1, 0.15) is 42.2 Å². The van der Waals surface area contributed by atoms with Gasteiger partial charge in [-0.05, 0) is 72.0 Å². The molecule has 0 spiro atoms. The molecule has 1 amide bonds. The first-order chi connectivity index (χ1) is 39.2. The van der Waals surface area contributed by atoms with Crippen LogP contribution in [0.15, 0.2) is 176 Å². The first-order valence-corrected chi connectivity index (χ1v) is 30.5. The summed E-state index contributed by atoms with van der Waals surface area (Å²) < 4.78 is 73.8. The number of methoxy groups -OCH3 is 2. The van der Waals surface area contributed by atoms with E-state index in [9.17, 15) is 10.1 Å². The van der Waals surface area contributed by atoms with Gasteiger partial charge >= 0.3 is 0 Å². The topological polar surface area (TPSA) is 174 Å². The molecule has 3 fully saturated rings. The molecule has 11 rings (SSSR count). The van der Waals surface area contributed by atoms with Crippen molar-refractivity contribution in [3.63, 3.8) is 0 Å². The van der Waals surface area contributed by atoms with Crippen molar-refractivity contribution < 1.29 is 46.7 Å².